The molecule has 6 heterocycles. The first kappa shape index (κ1) is 10.2. The number of ether oxygens (including phenoxy) is 1. The Hall–Kier alpha value is 0.230. The second kappa shape index (κ2) is 3.61. The highest BCUT2D eigenvalue weighted by molar-refractivity contribution is 8.00. The minimum Gasteiger partial charge on any atom is -0.372 e. The Labute approximate surface area is 101 Å². The number of fused-ring (bicyclic) bond motifs is 4. The van der Waals surface area contributed by atoms with E-state index < -0.39 is 0 Å². The smallest absolute Gasteiger partial charge is 0.0731 e. The highest BCUT2D eigenvalue weighted by Gasteiger charge is 2.47. The van der Waals surface area contributed by atoms with E-state index in [1.165, 1.54) is 38.2 Å². The topological polar surface area (TPSA) is 15.7 Å². The Morgan fingerprint density at radius 1 is 1.25 bits per heavy atom. The molecule has 0 saturated carbocycles. The van der Waals surface area contributed by atoms with Crippen molar-refractivity contribution in [1.82, 2.24) is 9.80 Å². The molecule has 0 amide bonds. The van der Waals surface area contributed by atoms with E-state index in [9.17, 15) is 0 Å². The molecule has 6 fully saturated rings. The Morgan fingerprint density at radius 2 is 2.00 bits per heavy atom. The monoisotopic (exact) mass is 240 g/mol. The van der Waals surface area contributed by atoms with E-state index in [4.69, 9.17) is 4.74 Å². The highest BCUT2D eigenvalue weighted by Crippen LogP contribution is 2.41. The summed E-state index contributed by atoms with van der Waals surface area (Å²) in [7, 11) is 2.31. The number of hydrogen-bond acceptors (Lipinski definition) is 4. The van der Waals surface area contributed by atoms with Crippen LogP contribution in [-0.2, 0) is 4.74 Å². The van der Waals surface area contributed by atoms with Gasteiger partial charge in [0.25, 0.3) is 0 Å². The van der Waals surface area contributed by atoms with E-state index in [1.54, 1.807) is 0 Å². The SMILES string of the molecule is CN1C2CSC(CN3CC4CC(C3)O4)C1C2. The molecule has 5 atom stereocenters. The van der Waals surface area contributed by atoms with Crippen molar-refractivity contribution in [2.24, 2.45) is 0 Å². The van der Waals surface area contributed by atoms with Crippen molar-refractivity contribution in [3.05, 3.63) is 0 Å². The van der Waals surface area contributed by atoms with Gasteiger partial charge in [-0.2, -0.15) is 11.8 Å². The molecule has 0 aliphatic carbocycles. The van der Waals surface area contributed by atoms with Crippen LogP contribution < -0.4 is 0 Å². The fourth-order valence-corrected chi connectivity index (χ4v) is 5.39. The number of piperidine rings is 1. The van der Waals surface area contributed by atoms with Crippen LogP contribution >= 0.6 is 11.8 Å². The first-order valence-electron chi connectivity index (χ1n) is 6.51. The molecule has 6 aliphatic heterocycles. The summed E-state index contributed by atoms with van der Waals surface area (Å²) in [6, 6.07) is 1.76. The summed E-state index contributed by atoms with van der Waals surface area (Å²) in [6.45, 7) is 3.67. The summed E-state index contributed by atoms with van der Waals surface area (Å²) >= 11 is 2.21. The van der Waals surface area contributed by atoms with E-state index >= 15 is 0 Å². The second-order valence-electron chi connectivity index (χ2n) is 5.83. The lowest BCUT2D eigenvalue weighted by Crippen LogP contribution is -2.66. The Morgan fingerprint density at radius 3 is 2.62 bits per heavy atom. The molecule has 0 aromatic rings. The maximum Gasteiger partial charge on any atom is 0.0731 e. The van der Waals surface area contributed by atoms with Crippen molar-refractivity contribution < 1.29 is 4.74 Å². The molecule has 0 spiro atoms. The van der Waals surface area contributed by atoms with Gasteiger partial charge in [-0.25, -0.2) is 0 Å². The molecule has 0 aromatic heterocycles. The third-order valence-electron chi connectivity index (χ3n) is 4.82. The molecule has 5 unspecified atom stereocenters. The maximum atomic E-state index is 5.69. The van der Waals surface area contributed by atoms with E-state index in [1.807, 2.05) is 0 Å². The third kappa shape index (κ3) is 1.47. The van der Waals surface area contributed by atoms with Crippen LogP contribution in [-0.4, -0.2) is 71.8 Å². The molecule has 6 rings (SSSR count). The van der Waals surface area contributed by atoms with Gasteiger partial charge in [0.1, 0.15) is 0 Å². The average Bonchev–Trinajstić information content (AvgIpc) is 2.27. The summed E-state index contributed by atoms with van der Waals surface area (Å²) < 4.78 is 5.69. The molecule has 90 valence electrons. The largest absolute Gasteiger partial charge is 0.372 e. The fraction of sp³-hybridized carbons (Fsp3) is 1.00. The van der Waals surface area contributed by atoms with E-state index in [-0.39, 0.29) is 0 Å². The molecule has 6 aliphatic rings. The quantitative estimate of drug-likeness (QED) is 0.704. The van der Waals surface area contributed by atoms with Crippen LogP contribution in [0.25, 0.3) is 0 Å². The third-order valence-corrected chi connectivity index (χ3v) is 6.29. The van der Waals surface area contributed by atoms with Crippen molar-refractivity contribution in [3.8, 4) is 0 Å². The van der Waals surface area contributed by atoms with Crippen LogP contribution in [0.15, 0.2) is 0 Å². The predicted octanol–water partition coefficient (Wildman–Crippen LogP) is 0.648. The van der Waals surface area contributed by atoms with E-state index in [0.717, 1.165) is 17.3 Å². The number of nitrogens with zero attached hydrogens (tertiary/aromatic N) is 2. The maximum absolute atomic E-state index is 5.69. The predicted molar refractivity (Wildman–Crippen MR) is 65.9 cm³/mol. The Balaban J connectivity index is 1.36. The van der Waals surface area contributed by atoms with Crippen molar-refractivity contribution in [3.63, 3.8) is 0 Å². The van der Waals surface area contributed by atoms with Crippen LogP contribution in [0.1, 0.15) is 12.8 Å². The van der Waals surface area contributed by atoms with Gasteiger partial charge in [0.05, 0.1) is 12.2 Å². The van der Waals surface area contributed by atoms with Crippen LogP contribution in [0, 0.1) is 0 Å². The summed E-state index contributed by atoms with van der Waals surface area (Å²) in [6.07, 6.45) is 3.91. The first-order valence-corrected chi connectivity index (χ1v) is 7.56. The van der Waals surface area contributed by atoms with Gasteiger partial charge >= 0.3 is 0 Å². The van der Waals surface area contributed by atoms with Gasteiger partial charge in [-0.15, -0.1) is 0 Å². The standard InChI is InChI=1S/C12H20N2OS/c1-13-8-2-11(13)12(16-7-8)6-14-4-9-3-10(5-14)15-9/h8-12H,2-7H2,1H3. The zero-order chi connectivity index (χ0) is 10.7. The zero-order valence-electron chi connectivity index (χ0n) is 9.84. The van der Waals surface area contributed by atoms with Crippen LogP contribution in [0.4, 0.5) is 0 Å². The van der Waals surface area contributed by atoms with Crippen molar-refractivity contribution >= 4 is 11.8 Å². The number of hydrogen-bond donors (Lipinski definition) is 0. The van der Waals surface area contributed by atoms with Gasteiger partial charge < -0.3 is 4.74 Å². The fourth-order valence-electron chi connectivity index (χ4n) is 3.71. The van der Waals surface area contributed by atoms with Crippen molar-refractivity contribution in [2.75, 3.05) is 32.4 Å². The van der Waals surface area contributed by atoms with E-state index in [0.29, 0.717) is 12.2 Å². The minimum absolute atomic E-state index is 0.569. The molecule has 3 nitrogen and oxygen atoms in total. The zero-order valence-corrected chi connectivity index (χ0v) is 10.7. The summed E-state index contributed by atoms with van der Waals surface area (Å²) in [5.74, 6) is 1.36. The number of thioether (sulfide) groups is 1. The molecule has 6 saturated heterocycles. The van der Waals surface area contributed by atoms with Gasteiger partial charge in [0.15, 0.2) is 0 Å². The molecular formula is C12H20N2OS. The van der Waals surface area contributed by atoms with Crippen LogP contribution in [0.5, 0.6) is 0 Å². The summed E-state index contributed by atoms with van der Waals surface area (Å²) in [4.78, 5) is 5.24. The Bertz CT molecular complexity index is 283. The molecule has 4 heteroatoms. The van der Waals surface area contributed by atoms with Gasteiger partial charge in [0.2, 0.25) is 0 Å². The molecule has 16 heavy (non-hydrogen) atoms. The van der Waals surface area contributed by atoms with Gasteiger partial charge in [-0.05, 0) is 13.5 Å². The Kier molecular flexibility index (Phi) is 2.30. The average molecular weight is 240 g/mol. The lowest BCUT2D eigenvalue weighted by Gasteiger charge is -2.56. The molecule has 0 radical (unpaired) electrons. The number of rotatable bonds is 2. The summed E-state index contributed by atoms with van der Waals surface area (Å²) in [5, 5.41) is 0.854. The highest BCUT2D eigenvalue weighted by atomic mass is 32.2. The van der Waals surface area contributed by atoms with Gasteiger partial charge in [0, 0.05) is 49.1 Å². The van der Waals surface area contributed by atoms with E-state index in [2.05, 4.69) is 28.6 Å². The van der Waals surface area contributed by atoms with Gasteiger partial charge in [-0.3, -0.25) is 9.80 Å². The van der Waals surface area contributed by atoms with Crippen LogP contribution in [0.2, 0.25) is 0 Å². The van der Waals surface area contributed by atoms with Gasteiger partial charge in [-0.1, -0.05) is 0 Å². The van der Waals surface area contributed by atoms with Crippen LogP contribution in [0.3, 0.4) is 0 Å². The lowest BCUT2D eigenvalue weighted by atomic mass is 9.90. The lowest BCUT2D eigenvalue weighted by molar-refractivity contribution is -0.181. The first-order chi connectivity index (χ1) is 7.79. The normalized spacial score (nSPS) is 51.9. The second-order valence-corrected chi connectivity index (χ2v) is 7.10. The number of morpholine rings is 1. The molecule has 4 bridgehead atoms. The minimum atomic E-state index is 0.569. The molecule has 0 aromatic carbocycles. The molecular weight excluding hydrogens is 220 g/mol. The van der Waals surface area contributed by atoms with Crippen molar-refractivity contribution in [2.45, 2.75) is 42.4 Å². The van der Waals surface area contributed by atoms with Crippen molar-refractivity contribution in [1.29, 1.82) is 0 Å². The summed E-state index contributed by atoms with van der Waals surface area (Å²) in [5.41, 5.74) is 0. The molecule has 0 N–H and O–H groups in total.